The Labute approximate surface area is 151 Å². The molecule has 0 bridgehead atoms. The predicted octanol–water partition coefficient (Wildman–Crippen LogP) is 1.17. The highest BCUT2D eigenvalue weighted by Gasteiger charge is 2.43. The van der Waals surface area contributed by atoms with Gasteiger partial charge in [-0.1, -0.05) is 5.16 Å². The van der Waals surface area contributed by atoms with Crippen LogP contribution in [-0.4, -0.2) is 62.0 Å². The number of carbonyl (C=O) groups is 2. The van der Waals surface area contributed by atoms with Crippen LogP contribution >= 0.6 is 0 Å². The van der Waals surface area contributed by atoms with E-state index < -0.39 is 0 Å². The molecular weight excluding hydrogens is 334 g/mol. The van der Waals surface area contributed by atoms with Crippen molar-refractivity contribution in [3.8, 4) is 0 Å². The Balaban J connectivity index is 1.39. The summed E-state index contributed by atoms with van der Waals surface area (Å²) in [5.74, 6) is 1.20. The molecule has 1 atom stereocenters. The summed E-state index contributed by atoms with van der Waals surface area (Å²) in [7, 11) is 1.96. The first-order valence-corrected chi connectivity index (χ1v) is 8.87. The van der Waals surface area contributed by atoms with Crippen molar-refractivity contribution >= 4 is 11.8 Å². The molecule has 2 saturated heterocycles. The van der Waals surface area contributed by atoms with E-state index in [4.69, 9.17) is 4.52 Å². The molecule has 2 aromatic rings. The zero-order chi connectivity index (χ0) is 18.6. The third-order valence-electron chi connectivity index (χ3n) is 5.65. The zero-order valence-electron chi connectivity index (χ0n) is 15.5. The minimum atomic E-state index is -0.0486. The third-order valence-corrected chi connectivity index (χ3v) is 5.65. The molecule has 0 N–H and O–H groups in total. The Kier molecular flexibility index (Phi) is 3.86. The summed E-state index contributed by atoms with van der Waals surface area (Å²) in [5, 5.41) is 3.81. The Hall–Kier alpha value is -2.64. The lowest BCUT2D eigenvalue weighted by atomic mass is 10.0. The van der Waals surface area contributed by atoms with Crippen molar-refractivity contribution in [1.82, 2.24) is 24.5 Å². The van der Waals surface area contributed by atoms with E-state index in [1.54, 1.807) is 6.92 Å². The summed E-state index contributed by atoms with van der Waals surface area (Å²) >= 11 is 0. The van der Waals surface area contributed by atoms with Crippen molar-refractivity contribution in [3.63, 3.8) is 0 Å². The number of likely N-dealkylation sites (tertiary alicyclic amines) is 2. The largest absolute Gasteiger partial charge is 0.351 e. The first-order valence-electron chi connectivity index (χ1n) is 8.87. The number of amides is 2. The van der Waals surface area contributed by atoms with E-state index in [0.29, 0.717) is 37.8 Å². The summed E-state index contributed by atoms with van der Waals surface area (Å²) in [6.07, 6.45) is 0.392. The SMILES string of the molecule is Cc1noc(C2CC(=O)N(C3CN(C(=O)c4cc(C)n(C)c4C)C3)C2)n1. The predicted molar refractivity (Wildman–Crippen MR) is 92.7 cm³/mol. The minimum Gasteiger partial charge on any atom is -0.351 e. The van der Waals surface area contributed by atoms with Crippen LogP contribution in [0.15, 0.2) is 10.6 Å². The monoisotopic (exact) mass is 357 g/mol. The summed E-state index contributed by atoms with van der Waals surface area (Å²) in [6, 6.07) is 2.01. The minimum absolute atomic E-state index is 0.0400. The van der Waals surface area contributed by atoms with Gasteiger partial charge in [0.2, 0.25) is 11.8 Å². The second kappa shape index (κ2) is 5.96. The van der Waals surface area contributed by atoms with Gasteiger partial charge in [0.1, 0.15) is 0 Å². The summed E-state index contributed by atoms with van der Waals surface area (Å²) in [6.45, 7) is 7.45. The van der Waals surface area contributed by atoms with E-state index in [9.17, 15) is 9.59 Å². The molecule has 2 aromatic heterocycles. The third kappa shape index (κ3) is 2.60. The van der Waals surface area contributed by atoms with E-state index in [-0.39, 0.29) is 23.8 Å². The number of aryl methyl sites for hydroxylation is 2. The number of nitrogens with zero attached hydrogens (tertiary/aromatic N) is 5. The highest BCUT2D eigenvalue weighted by molar-refractivity contribution is 5.96. The molecule has 0 radical (unpaired) electrons. The Morgan fingerprint density at radius 2 is 1.96 bits per heavy atom. The smallest absolute Gasteiger partial charge is 0.255 e. The van der Waals surface area contributed by atoms with E-state index in [1.165, 1.54) is 0 Å². The van der Waals surface area contributed by atoms with E-state index in [0.717, 1.165) is 17.0 Å². The molecule has 0 aliphatic carbocycles. The first kappa shape index (κ1) is 16.8. The van der Waals surface area contributed by atoms with Crippen LogP contribution in [0.5, 0.6) is 0 Å². The van der Waals surface area contributed by atoms with Gasteiger partial charge >= 0.3 is 0 Å². The molecule has 1 unspecified atom stereocenters. The van der Waals surface area contributed by atoms with Gasteiger partial charge in [0.15, 0.2) is 5.82 Å². The van der Waals surface area contributed by atoms with E-state index in [2.05, 4.69) is 10.1 Å². The number of hydrogen-bond acceptors (Lipinski definition) is 5. The molecule has 2 fully saturated rings. The van der Waals surface area contributed by atoms with Gasteiger partial charge in [-0.05, 0) is 26.8 Å². The molecule has 8 heteroatoms. The summed E-state index contributed by atoms with van der Waals surface area (Å²) in [5.41, 5.74) is 2.78. The second-order valence-corrected chi connectivity index (χ2v) is 7.33. The van der Waals surface area contributed by atoms with Crippen LogP contribution in [-0.2, 0) is 11.8 Å². The number of carbonyl (C=O) groups excluding carboxylic acids is 2. The maximum Gasteiger partial charge on any atom is 0.255 e. The molecule has 2 amide bonds. The highest BCUT2D eigenvalue weighted by Crippen LogP contribution is 2.31. The summed E-state index contributed by atoms with van der Waals surface area (Å²) in [4.78, 5) is 33.0. The van der Waals surface area contributed by atoms with Crippen molar-refractivity contribution in [2.24, 2.45) is 7.05 Å². The molecular formula is C18H23N5O3. The molecule has 4 rings (SSSR count). The van der Waals surface area contributed by atoms with Gasteiger partial charge in [-0.15, -0.1) is 0 Å². The fourth-order valence-electron chi connectivity index (χ4n) is 3.79. The Morgan fingerprint density at radius 1 is 1.23 bits per heavy atom. The van der Waals surface area contributed by atoms with Crippen LogP contribution in [0.25, 0.3) is 0 Å². The molecule has 8 nitrogen and oxygen atoms in total. The summed E-state index contributed by atoms with van der Waals surface area (Å²) < 4.78 is 7.23. The molecule has 4 heterocycles. The number of aromatic nitrogens is 3. The van der Waals surface area contributed by atoms with Gasteiger partial charge < -0.3 is 18.9 Å². The van der Waals surface area contributed by atoms with Crippen molar-refractivity contribution in [2.75, 3.05) is 19.6 Å². The lowest BCUT2D eigenvalue weighted by Crippen LogP contribution is -2.61. The van der Waals surface area contributed by atoms with Crippen LogP contribution < -0.4 is 0 Å². The van der Waals surface area contributed by atoms with Gasteiger partial charge in [-0.2, -0.15) is 4.98 Å². The number of rotatable bonds is 3. The maximum atomic E-state index is 12.7. The standard InChI is InChI=1S/C18H23N5O3/c1-10-5-15(11(2)21(10)4)18(25)22-8-14(9-22)23-7-13(6-16(23)24)17-19-12(3)20-26-17/h5,13-14H,6-9H2,1-4H3. The Morgan fingerprint density at radius 3 is 2.54 bits per heavy atom. The maximum absolute atomic E-state index is 12.7. The lowest BCUT2D eigenvalue weighted by Gasteiger charge is -2.44. The van der Waals surface area contributed by atoms with E-state index >= 15 is 0 Å². The quantitative estimate of drug-likeness (QED) is 0.823. The van der Waals surface area contributed by atoms with Crippen LogP contribution in [0.3, 0.4) is 0 Å². The van der Waals surface area contributed by atoms with Crippen LogP contribution in [0, 0.1) is 20.8 Å². The average molecular weight is 357 g/mol. The molecule has 2 aliphatic rings. The molecule has 0 aromatic carbocycles. The van der Waals surface area contributed by atoms with Gasteiger partial charge in [-0.3, -0.25) is 9.59 Å². The van der Waals surface area contributed by atoms with E-state index in [1.807, 2.05) is 41.3 Å². The highest BCUT2D eigenvalue weighted by atomic mass is 16.5. The van der Waals surface area contributed by atoms with Crippen molar-refractivity contribution in [1.29, 1.82) is 0 Å². The van der Waals surface area contributed by atoms with Gasteiger partial charge in [0.25, 0.3) is 5.91 Å². The van der Waals surface area contributed by atoms with Crippen LogP contribution in [0.1, 0.15) is 45.8 Å². The molecule has 26 heavy (non-hydrogen) atoms. The van der Waals surface area contributed by atoms with Gasteiger partial charge in [-0.25, -0.2) is 0 Å². The lowest BCUT2D eigenvalue weighted by molar-refractivity contribution is -0.132. The fraction of sp³-hybridized carbons (Fsp3) is 0.556. The molecule has 0 saturated carbocycles. The normalized spacial score (nSPS) is 20.8. The zero-order valence-corrected chi connectivity index (χ0v) is 15.5. The Bertz CT molecular complexity index is 878. The van der Waals surface area contributed by atoms with Crippen LogP contribution in [0.4, 0.5) is 0 Å². The van der Waals surface area contributed by atoms with Crippen molar-refractivity contribution < 1.29 is 14.1 Å². The molecule has 2 aliphatic heterocycles. The molecule has 138 valence electrons. The van der Waals surface area contributed by atoms with Crippen molar-refractivity contribution in [2.45, 2.75) is 39.2 Å². The fourth-order valence-corrected chi connectivity index (χ4v) is 3.79. The van der Waals surface area contributed by atoms with Crippen LogP contribution in [0.2, 0.25) is 0 Å². The number of hydrogen-bond donors (Lipinski definition) is 0. The first-order chi connectivity index (χ1) is 12.3. The second-order valence-electron chi connectivity index (χ2n) is 7.33. The molecule has 0 spiro atoms. The van der Waals surface area contributed by atoms with Gasteiger partial charge in [0.05, 0.1) is 17.5 Å². The topological polar surface area (TPSA) is 84.5 Å². The van der Waals surface area contributed by atoms with Crippen molar-refractivity contribution in [3.05, 3.63) is 34.7 Å². The average Bonchev–Trinajstić information content (AvgIpc) is 3.21. The van der Waals surface area contributed by atoms with Gasteiger partial charge in [0, 0.05) is 44.5 Å².